The Balaban J connectivity index is 1.93. The highest BCUT2D eigenvalue weighted by atomic mass is 16.5. The van der Waals surface area contributed by atoms with Gasteiger partial charge in [0.1, 0.15) is 11.5 Å². The van der Waals surface area contributed by atoms with Gasteiger partial charge in [-0.1, -0.05) is 32.0 Å². The van der Waals surface area contributed by atoms with Crippen LogP contribution in [0.25, 0.3) is 0 Å². The summed E-state index contributed by atoms with van der Waals surface area (Å²) in [5.41, 5.74) is 2.22. The van der Waals surface area contributed by atoms with Crippen LogP contribution in [-0.2, 0) is 6.54 Å². The highest BCUT2D eigenvalue weighted by Gasteiger charge is 2.05. The van der Waals surface area contributed by atoms with Gasteiger partial charge in [0.05, 0.1) is 12.7 Å². The van der Waals surface area contributed by atoms with Crippen LogP contribution in [0.5, 0.6) is 11.5 Å². The van der Waals surface area contributed by atoms with E-state index in [1.165, 1.54) is 0 Å². The molecule has 23 heavy (non-hydrogen) atoms. The Hall–Kier alpha value is -2.16. The summed E-state index contributed by atoms with van der Waals surface area (Å²) >= 11 is 0. The van der Waals surface area contributed by atoms with E-state index in [4.69, 9.17) is 9.47 Å². The largest absolute Gasteiger partial charge is 0.493 e. The van der Waals surface area contributed by atoms with Crippen LogP contribution in [0.3, 0.4) is 0 Å². The van der Waals surface area contributed by atoms with E-state index in [2.05, 4.69) is 25.2 Å². The van der Waals surface area contributed by atoms with Gasteiger partial charge in [-0.25, -0.2) is 0 Å². The Bertz CT molecular complexity index is 591. The molecule has 0 saturated heterocycles. The maximum Gasteiger partial charge on any atom is 0.124 e. The molecule has 0 spiro atoms. The van der Waals surface area contributed by atoms with Crippen LogP contribution in [0.2, 0.25) is 0 Å². The molecule has 0 aromatic heterocycles. The zero-order chi connectivity index (χ0) is 16.7. The van der Waals surface area contributed by atoms with E-state index in [0.29, 0.717) is 5.92 Å². The molecule has 2 rings (SSSR count). The van der Waals surface area contributed by atoms with Crippen molar-refractivity contribution in [3.8, 4) is 11.5 Å². The molecule has 1 N–H and O–H groups in total. The van der Waals surface area contributed by atoms with Gasteiger partial charge in [-0.05, 0) is 50.1 Å². The van der Waals surface area contributed by atoms with Gasteiger partial charge in [0.15, 0.2) is 0 Å². The van der Waals surface area contributed by atoms with E-state index < -0.39 is 0 Å². The summed E-state index contributed by atoms with van der Waals surface area (Å²) in [6.45, 7) is 9.85. The maximum atomic E-state index is 5.85. The lowest BCUT2D eigenvalue weighted by Gasteiger charge is -2.15. The van der Waals surface area contributed by atoms with Crippen LogP contribution in [-0.4, -0.2) is 12.7 Å². The van der Waals surface area contributed by atoms with Gasteiger partial charge in [0.25, 0.3) is 0 Å². The van der Waals surface area contributed by atoms with Gasteiger partial charge < -0.3 is 14.8 Å². The lowest BCUT2D eigenvalue weighted by atomic mass is 10.2. The van der Waals surface area contributed by atoms with Gasteiger partial charge in [-0.15, -0.1) is 0 Å². The van der Waals surface area contributed by atoms with Crippen molar-refractivity contribution in [1.29, 1.82) is 0 Å². The number of para-hydroxylation sites is 1. The first-order valence-electron chi connectivity index (χ1n) is 8.26. The lowest BCUT2D eigenvalue weighted by Crippen LogP contribution is -2.09. The number of ether oxygens (including phenoxy) is 2. The van der Waals surface area contributed by atoms with E-state index >= 15 is 0 Å². The van der Waals surface area contributed by atoms with Gasteiger partial charge >= 0.3 is 0 Å². The molecule has 2 aromatic carbocycles. The van der Waals surface area contributed by atoms with Crippen molar-refractivity contribution >= 4 is 5.69 Å². The third kappa shape index (κ3) is 5.85. The second-order valence-electron chi connectivity index (χ2n) is 6.36. The van der Waals surface area contributed by atoms with E-state index in [1.807, 2.05) is 56.3 Å². The summed E-state index contributed by atoms with van der Waals surface area (Å²) in [5.74, 6) is 2.38. The maximum absolute atomic E-state index is 5.85. The molecule has 124 valence electrons. The van der Waals surface area contributed by atoms with Gasteiger partial charge in [0, 0.05) is 17.8 Å². The SMILES string of the molecule is CC(C)COc1ccc(NCc2ccccc2OC(C)C)cc1. The van der Waals surface area contributed by atoms with Crippen molar-refractivity contribution in [3.05, 3.63) is 54.1 Å². The van der Waals surface area contributed by atoms with Crippen molar-refractivity contribution in [2.75, 3.05) is 11.9 Å². The predicted molar refractivity (Wildman–Crippen MR) is 96.3 cm³/mol. The fourth-order valence-corrected chi connectivity index (χ4v) is 2.15. The van der Waals surface area contributed by atoms with Gasteiger partial charge in [0.2, 0.25) is 0 Å². The van der Waals surface area contributed by atoms with Crippen LogP contribution >= 0.6 is 0 Å². The molecule has 0 aliphatic rings. The molecule has 0 aliphatic carbocycles. The zero-order valence-electron chi connectivity index (χ0n) is 14.5. The summed E-state index contributed by atoms with van der Waals surface area (Å²) in [6, 6.07) is 16.2. The van der Waals surface area contributed by atoms with Crippen molar-refractivity contribution in [3.63, 3.8) is 0 Å². The highest BCUT2D eigenvalue weighted by molar-refractivity contribution is 5.48. The fourth-order valence-electron chi connectivity index (χ4n) is 2.15. The van der Waals surface area contributed by atoms with Gasteiger partial charge in [-0.3, -0.25) is 0 Å². The molecule has 2 aromatic rings. The number of rotatable bonds is 8. The highest BCUT2D eigenvalue weighted by Crippen LogP contribution is 2.22. The van der Waals surface area contributed by atoms with E-state index in [-0.39, 0.29) is 6.10 Å². The van der Waals surface area contributed by atoms with E-state index in [0.717, 1.165) is 35.9 Å². The minimum atomic E-state index is 0.175. The molecule has 0 radical (unpaired) electrons. The van der Waals surface area contributed by atoms with Crippen molar-refractivity contribution in [2.45, 2.75) is 40.3 Å². The molecule has 0 atom stereocenters. The molecule has 0 unspecified atom stereocenters. The molecule has 0 amide bonds. The average Bonchev–Trinajstić information content (AvgIpc) is 2.52. The Morgan fingerprint density at radius 2 is 1.61 bits per heavy atom. The number of hydrogen-bond acceptors (Lipinski definition) is 3. The molecule has 0 fully saturated rings. The third-order valence-corrected chi connectivity index (χ3v) is 3.26. The predicted octanol–water partition coefficient (Wildman–Crippen LogP) is 5.12. The van der Waals surface area contributed by atoms with Crippen LogP contribution in [0.1, 0.15) is 33.3 Å². The second-order valence-corrected chi connectivity index (χ2v) is 6.36. The summed E-state index contributed by atoms with van der Waals surface area (Å²) in [6.07, 6.45) is 0.175. The number of benzene rings is 2. The second kappa shape index (κ2) is 8.47. The zero-order valence-corrected chi connectivity index (χ0v) is 14.5. The molecular weight excluding hydrogens is 286 g/mol. The first-order valence-corrected chi connectivity index (χ1v) is 8.26. The minimum Gasteiger partial charge on any atom is -0.493 e. The molecule has 0 heterocycles. The van der Waals surface area contributed by atoms with Gasteiger partial charge in [-0.2, -0.15) is 0 Å². The average molecular weight is 313 g/mol. The Labute approximate surface area is 139 Å². The minimum absolute atomic E-state index is 0.175. The first kappa shape index (κ1) is 17.2. The van der Waals surface area contributed by atoms with E-state index in [1.54, 1.807) is 0 Å². The third-order valence-electron chi connectivity index (χ3n) is 3.26. The van der Waals surface area contributed by atoms with Crippen molar-refractivity contribution < 1.29 is 9.47 Å². The quantitative estimate of drug-likeness (QED) is 0.733. The molecule has 3 nitrogen and oxygen atoms in total. The lowest BCUT2D eigenvalue weighted by molar-refractivity contribution is 0.240. The fraction of sp³-hybridized carbons (Fsp3) is 0.400. The number of anilines is 1. The standard InChI is InChI=1S/C20H27NO2/c1-15(2)14-22-19-11-9-18(10-12-19)21-13-17-7-5-6-8-20(17)23-16(3)4/h5-12,15-16,21H,13-14H2,1-4H3. The monoisotopic (exact) mass is 313 g/mol. The summed E-state index contributed by atoms with van der Waals surface area (Å²) in [5, 5.41) is 3.43. The normalized spacial score (nSPS) is 10.9. The van der Waals surface area contributed by atoms with E-state index in [9.17, 15) is 0 Å². The first-order chi connectivity index (χ1) is 11.0. The van der Waals surface area contributed by atoms with Crippen LogP contribution in [0.4, 0.5) is 5.69 Å². The molecule has 3 heteroatoms. The Kier molecular flexibility index (Phi) is 6.33. The molecule has 0 bridgehead atoms. The Morgan fingerprint density at radius 3 is 2.26 bits per heavy atom. The summed E-state index contributed by atoms with van der Waals surface area (Å²) in [4.78, 5) is 0. The molecular formula is C20H27NO2. The van der Waals surface area contributed by atoms with Crippen LogP contribution < -0.4 is 14.8 Å². The topological polar surface area (TPSA) is 30.5 Å². The number of nitrogens with one attached hydrogen (secondary N) is 1. The number of hydrogen-bond donors (Lipinski definition) is 1. The van der Waals surface area contributed by atoms with Crippen LogP contribution in [0, 0.1) is 5.92 Å². The smallest absolute Gasteiger partial charge is 0.124 e. The van der Waals surface area contributed by atoms with Crippen molar-refractivity contribution in [1.82, 2.24) is 0 Å². The Morgan fingerprint density at radius 1 is 0.913 bits per heavy atom. The molecule has 0 aliphatic heterocycles. The van der Waals surface area contributed by atoms with Crippen LogP contribution in [0.15, 0.2) is 48.5 Å². The summed E-state index contributed by atoms with van der Waals surface area (Å²) in [7, 11) is 0. The summed E-state index contributed by atoms with van der Waals surface area (Å²) < 4.78 is 11.5. The van der Waals surface area contributed by atoms with Crippen molar-refractivity contribution in [2.24, 2.45) is 5.92 Å². The molecule has 0 saturated carbocycles.